The Balaban J connectivity index is 1.79. The van der Waals surface area contributed by atoms with E-state index >= 15 is 0 Å². The van der Waals surface area contributed by atoms with Crippen molar-refractivity contribution in [3.63, 3.8) is 0 Å². The van der Waals surface area contributed by atoms with Gasteiger partial charge in [-0.3, -0.25) is 4.79 Å². The third kappa shape index (κ3) is 3.21. The zero-order valence-electron chi connectivity index (χ0n) is 11.5. The van der Waals surface area contributed by atoms with Gasteiger partial charge in [-0.1, -0.05) is 13.8 Å². The van der Waals surface area contributed by atoms with Crippen LogP contribution in [-0.2, 0) is 4.79 Å². The van der Waals surface area contributed by atoms with Crippen LogP contribution in [0.2, 0.25) is 0 Å². The molecule has 0 bridgehead atoms. The number of carbonyl (C=O) groups excluding carboxylic acids is 1. The maximum absolute atomic E-state index is 12.1. The molecule has 0 spiro atoms. The van der Waals surface area contributed by atoms with Gasteiger partial charge in [0.05, 0.1) is 0 Å². The number of amides is 1. The van der Waals surface area contributed by atoms with Crippen LogP contribution in [0, 0.1) is 11.3 Å². The van der Waals surface area contributed by atoms with E-state index in [4.69, 9.17) is 0 Å². The molecule has 1 heterocycles. The minimum Gasteiger partial charge on any atom is -0.343 e. The van der Waals surface area contributed by atoms with Crippen LogP contribution in [0.15, 0.2) is 0 Å². The minimum atomic E-state index is 0.348. The molecule has 2 aliphatic rings. The maximum Gasteiger partial charge on any atom is 0.222 e. The summed E-state index contributed by atoms with van der Waals surface area (Å²) in [7, 11) is 2.00. The summed E-state index contributed by atoms with van der Waals surface area (Å²) in [6.07, 6.45) is 5.60. The van der Waals surface area contributed by atoms with Gasteiger partial charge in [0.25, 0.3) is 0 Å². The van der Waals surface area contributed by atoms with Gasteiger partial charge < -0.3 is 10.2 Å². The van der Waals surface area contributed by atoms with Gasteiger partial charge in [-0.15, -0.1) is 0 Å². The topological polar surface area (TPSA) is 32.3 Å². The molecule has 1 saturated heterocycles. The highest BCUT2D eigenvalue weighted by molar-refractivity contribution is 5.76. The lowest BCUT2D eigenvalue weighted by atomic mass is 9.75. The highest BCUT2D eigenvalue weighted by atomic mass is 16.2. The second-order valence-electron chi connectivity index (χ2n) is 6.63. The quantitative estimate of drug-likeness (QED) is 0.816. The van der Waals surface area contributed by atoms with Gasteiger partial charge in [0, 0.05) is 19.5 Å². The first kappa shape index (κ1) is 12.9. The molecule has 2 rings (SSSR count). The van der Waals surface area contributed by atoms with E-state index in [2.05, 4.69) is 19.2 Å². The molecule has 2 fully saturated rings. The molecule has 1 saturated carbocycles. The van der Waals surface area contributed by atoms with Crippen molar-refractivity contribution in [2.45, 2.75) is 52.0 Å². The predicted molar refractivity (Wildman–Crippen MR) is 69.8 cm³/mol. The molecule has 1 amide bonds. The molecule has 0 aromatic carbocycles. The Kier molecular flexibility index (Phi) is 3.76. The number of hydrogen-bond donors (Lipinski definition) is 1. The lowest BCUT2D eigenvalue weighted by Gasteiger charge is -2.39. The van der Waals surface area contributed by atoms with Crippen molar-refractivity contribution >= 4 is 5.91 Å². The van der Waals surface area contributed by atoms with Crippen molar-refractivity contribution < 1.29 is 4.79 Å². The molecule has 1 aliphatic heterocycles. The smallest absolute Gasteiger partial charge is 0.222 e. The van der Waals surface area contributed by atoms with E-state index in [1.807, 2.05) is 11.9 Å². The highest BCUT2D eigenvalue weighted by Gasteiger charge is 2.31. The summed E-state index contributed by atoms with van der Waals surface area (Å²) in [6, 6.07) is 0.489. The highest BCUT2D eigenvalue weighted by Crippen LogP contribution is 2.36. The fourth-order valence-corrected chi connectivity index (χ4v) is 2.86. The standard InChI is InChI=1S/C14H26N2O/c1-14(2)6-4-12(5-7-14)16(3)13(17)8-11-9-15-10-11/h11-12,15H,4-10H2,1-3H3. The van der Waals surface area contributed by atoms with Crippen LogP contribution >= 0.6 is 0 Å². The minimum absolute atomic E-state index is 0.348. The zero-order chi connectivity index (χ0) is 12.5. The Bertz CT molecular complexity index is 274. The molecule has 3 heteroatoms. The monoisotopic (exact) mass is 238 g/mol. The fourth-order valence-electron chi connectivity index (χ4n) is 2.86. The molecule has 3 nitrogen and oxygen atoms in total. The van der Waals surface area contributed by atoms with Crippen molar-refractivity contribution in [2.24, 2.45) is 11.3 Å². The molecular formula is C14H26N2O. The average Bonchev–Trinajstić information content (AvgIpc) is 2.22. The van der Waals surface area contributed by atoms with Gasteiger partial charge in [0.2, 0.25) is 5.91 Å². The summed E-state index contributed by atoms with van der Waals surface area (Å²) in [5, 5.41) is 3.23. The normalized spacial score (nSPS) is 25.4. The summed E-state index contributed by atoms with van der Waals surface area (Å²) in [5.74, 6) is 0.936. The molecule has 98 valence electrons. The van der Waals surface area contributed by atoms with E-state index in [1.54, 1.807) is 0 Å². The van der Waals surface area contributed by atoms with Crippen LogP contribution < -0.4 is 5.32 Å². The second-order valence-corrected chi connectivity index (χ2v) is 6.63. The van der Waals surface area contributed by atoms with Gasteiger partial charge in [0.15, 0.2) is 0 Å². The molecule has 0 unspecified atom stereocenters. The van der Waals surface area contributed by atoms with Crippen LogP contribution in [0.5, 0.6) is 0 Å². The molecule has 0 atom stereocenters. The largest absolute Gasteiger partial charge is 0.343 e. The van der Waals surface area contributed by atoms with Crippen molar-refractivity contribution in [3.8, 4) is 0 Å². The Morgan fingerprint density at radius 3 is 2.35 bits per heavy atom. The Morgan fingerprint density at radius 2 is 1.88 bits per heavy atom. The summed E-state index contributed by atoms with van der Waals surface area (Å²) in [6.45, 7) is 6.73. The number of carbonyl (C=O) groups is 1. The molecular weight excluding hydrogens is 212 g/mol. The molecule has 0 radical (unpaired) electrons. The van der Waals surface area contributed by atoms with Crippen LogP contribution in [0.4, 0.5) is 0 Å². The Morgan fingerprint density at radius 1 is 1.29 bits per heavy atom. The van der Waals surface area contributed by atoms with Gasteiger partial charge >= 0.3 is 0 Å². The number of nitrogens with zero attached hydrogens (tertiary/aromatic N) is 1. The molecule has 1 aliphatic carbocycles. The fraction of sp³-hybridized carbons (Fsp3) is 0.929. The summed E-state index contributed by atoms with van der Waals surface area (Å²) in [4.78, 5) is 14.1. The first-order valence-corrected chi connectivity index (χ1v) is 6.94. The number of rotatable bonds is 3. The van der Waals surface area contributed by atoms with Crippen molar-refractivity contribution in [3.05, 3.63) is 0 Å². The maximum atomic E-state index is 12.1. The SMILES string of the molecule is CN(C(=O)CC1CNC1)C1CCC(C)(C)CC1. The summed E-state index contributed by atoms with van der Waals surface area (Å²) in [5.41, 5.74) is 0.484. The number of hydrogen-bond acceptors (Lipinski definition) is 2. The van der Waals surface area contributed by atoms with Crippen LogP contribution in [0.25, 0.3) is 0 Å². The third-order valence-corrected chi connectivity index (χ3v) is 4.58. The van der Waals surface area contributed by atoms with E-state index in [0.717, 1.165) is 19.5 Å². The predicted octanol–water partition coefficient (Wildman–Crippen LogP) is 2.02. The van der Waals surface area contributed by atoms with Crippen molar-refractivity contribution in [2.75, 3.05) is 20.1 Å². The summed E-state index contributed by atoms with van der Waals surface area (Å²) < 4.78 is 0. The van der Waals surface area contributed by atoms with Gasteiger partial charge in [0.1, 0.15) is 0 Å². The van der Waals surface area contributed by atoms with Crippen LogP contribution in [0.3, 0.4) is 0 Å². The zero-order valence-corrected chi connectivity index (χ0v) is 11.5. The molecule has 1 N–H and O–H groups in total. The average molecular weight is 238 g/mol. The molecule has 0 aromatic heterocycles. The van der Waals surface area contributed by atoms with Gasteiger partial charge in [-0.05, 0) is 50.1 Å². The Hall–Kier alpha value is -0.570. The van der Waals surface area contributed by atoms with E-state index in [0.29, 0.717) is 23.3 Å². The first-order chi connectivity index (χ1) is 7.98. The van der Waals surface area contributed by atoms with E-state index in [1.165, 1.54) is 25.7 Å². The van der Waals surface area contributed by atoms with Crippen molar-refractivity contribution in [1.82, 2.24) is 10.2 Å². The molecule has 0 aromatic rings. The Labute approximate surface area is 105 Å². The van der Waals surface area contributed by atoms with E-state index in [9.17, 15) is 4.79 Å². The van der Waals surface area contributed by atoms with Gasteiger partial charge in [-0.25, -0.2) is 0 Å². The number of nitrogens with one attached hydrogen (secondary N) is 1. The third-order valence-electron chi connectivity index (χ3n) is 4.58. The van der Waals surface area contributed by atoms with E-state index in [-0.39, 0.29) is 0 Å². The van der Waals surface area contributed by atoms with Crippen LogP contribution in [0.1, 0.15) is 46.0 Å². The molecule has 17 heavy (non-hydrogen) atoms. The van der Waals surface area contributed by atoms with Crippen molar-refractivity contribution in [1.29, 1.82) is 0 Å². The lowest BCUT2D eigenvalue weighted by Crippen LogP contribution is -2.47. The van der Waals surface area contributed by atoms with Gasteiger partial charge in [-0.2, -0.15) is 0 Å². The van der Waals surface area contributed by atoms with E-state index < -0.39 is 0 Å². The second kappa shape index (κ2) is 4.97. The summed E-state index contributed by atoms with van der Waals surface area (Å²) >= 11 is 0. The first-order valence-electron chi connectivity index (χ1n) is 6.94. The lowest BCUT2D eigenvalue weighted by molar-refractivity contribution is -0.134. The van der Waals surface area contributed by atoms with Crippen LogP contribution in [-0.4, -0.2) is 37.0 Å².